The molecule has 2 aromatic rings. The monoisotopic (exact) mass is 392 g/mol. The van der Waals surface area contributed by atoms with E-state index in [9.17, 15) is 9.59 Å². The summed E-state index contributed by atoms with van der Waals surface area (Å²) in [6.07, 6.45) is 2.91. The fourth-order valence-corrected chi connectivity index (χ4v) is 2.33. The zero-order valence-electron chi connectivity index (χ0n) is 14.3. The van der Waals surface area contributed by atoms with E-state index in [4.69, 9.17) is 27.9 Å². The summed E-state index contributed by atoms with van der Waals surface area (Å²) < 4.78 is 5.40. The molecule has 2 N–H and O–H groups in total. The van der Waals surface area contributed by atoms with E-state index in [1.165, 1.54) is 6.08 Å². The van der Waals surface area contributed by atoms with Gasteiger partial charge in [-0.15, -0.1) is 0 Å². The van der Waals surface area contributed by atoms with Crippen LogP contribution in [0.4, 0.5) is 0 Å². The molecule has 0 bridgehead atoms. The molecule has 0 aliphatic carbocycles. The molecule has 0 heterocycles. The van der Waals surface area contributed by atoms with Gasteiger partial charge in [-0.2, -0.15) is 0 Å². The molecule has 2 rings (SSSR count). The maximum atomic E-state index is 11.8. The van der Waals surface area contributed by atoms with Crippen LogP contribution in [0.25, 0.3) is 6.08 Å². The van der Waals surface area contributed by atoms with Crippen LogP contribution < -0.4 is 15.6 Å². The minimum atomic E-state index is -0.483. The Morgan fingerprint density at radius 3 is 2.27 bits per heavy atom. The number of amides is 2. The van der Waals surface area contributed by atoms with Crippen LogP contribution in [-0.4, -0.2) is 18.4 Å². The van der Waals surface area contributed by atoms with E-state index in [1.807, 2.05) is 13.8 Å². The predicted octanol–water partition coefficient (Wildman–Crippen LogP) is 3.85. The summed E-state index contributed by atoms with van der Waals surface area (Å²) in [4.78, 5) is 23.4. The van der Waals surface area contributed by atoms with Crippen molar-refractivity contribution in [3.05, 3.63) is 69.2 Å². The Kier molecular flexibility index (Phi) is 7.06. The van der Waals surface area contributed by atoms with Crippen LogP contribution in [0.15, 0.2) is 42.5 Å². The molecule has 7 heteroatoms. The number of rotatable bonds is 5. The second kappa shape index (κ2) is 9.27. The molecule has 0 spiro atoms. The van der Waals surface area contributed by atoms with Gasteiger partial charge < -0.3 is 4.74 Å². The predicted molar refractivity (Wildman–Crippen MR) is 103 cm³/mol. The third kappa shape index (κ3) is 6.10. The van der Waals surface area contributed by atoms with Crippen molar-refractivity contribution in [1.82, 2.24) is 10.9 Å². The van der Waals surface area contributed by atoms with E-state index in [0.29, 0.717) is 15.8 Å². The number of halogens is 2. The van der Waals surface area contributed by atoms with Crippen molar-refractivity contribution in [2.45, 2.75) is 13.8 Å². The van der Waals surface area contributed by atoms with Gasteiger partial charge in [-0.25, -0.2) is 0 Å². The summed E-state index contributed by atoms with van der Waals surface area (Å²) in [5.74, 6) is -0.413. The van der Waals surface area contributed by atoms with Crippen LogP contribution in [-0.2, 0) is 9.59 Å². The average Bonchev–Trinajstić information content (AvgIpc) is 2.62. The molecule has 0 saturated carbocycles. The molecule has 0 fully saturated rings. The van der Waals surface area contributed by atoms with Crippen LogP contribution in [0.5, 0.6) is 5.75 Å². The standard InChI is InChI=1S/C19H18Cl2N2O3/c1-12-9-16(10-13(2)19(12)21)26-11-18(25)23-22-17(24)8-5-14-3-6-15(20)7-4-14/h3-10H,11H2,1-2H3,(H,22,24)(H,23,25). The van der Waals surface area contributed by atoms with Gasteiger partial charge in [0.05, 0.1) is 0 Å². The average molecular weight is 393 g/mol. The Labute approximate surface area is 161 Å². The van der Waals surface area contributed by atoms with Crippen LogP contribution >= 0.6 is 23.2 Å². The van der Waals surface area contributed by atoms with E-state index in [-0.39, 0.29) is 6.61 Å². The zero-order chi connectivity index (χ0) is 19.1. The number of aryl methyl sites for hydroxylation is 2. The van der Waals surface area contributed by atoms with Crippen molar-refractivity contribution >= 4 is 41.1 Å². The summed E-state index contributed by atoms with van der Waals surface area (Å²) in [7, 11) is 0. The van der Waals surface area contributed by atoms with Crippen LogP contribution in [0.1, 0.15) is 16.7 Å². The quantitative estimate of drug-likeness (QED) is 0.599. The van der Waals surface area contributed by atoms with Crippen LogP contribution in [0, 0.1) is 13.8 Å². The third-order valence-corrected chi connectivity index (χ3v) is 4.25. The number of benzene rings is 2. The first kappa shape index (κ1) is 19.8. The van der Waals surface area contributed by atoms with Gasteiger partial charge in [-0.3, -0.25) is 20.4 Å². The highest BCUT2D eigenvalue weighted by molar-refractivity contribution is 6.32. The summed E-state index contributed by atoms with van der Waals surface area (Å²) >= 11 is 11.9. The molecular weight excluding hydrogens is 375 g/mol. The van der Waals surface area contributed by atoms with Crippen molar-refractivity contribution in [3.8, 4) is 5.75 Å². The van der Waals surface area contributed by atoms with E-state index in [0.717, 1.165) is 16.7 Å². The van der Waals surface area contributed by atoms with Gasteiger partial charge in [0.15, 0.2) is 6.61 Å². The van der Waals surface area contributed by atoms with E-state index in [1.54, 1.807) is 42.5 Å². The highest BCUT2D eigenvalue weighted by atomic mass is 35.5. The molecule has 0 aromatic heterocycles. The molecule has 136 valence electrons. The fourth-order valence-electron chi connectivity index (χ4n) is 2.09. The topological polar surface area (TPSA) is 67.4 Å². The molecule has 0 radical (unpaired) electrons. The van der Waals surface area contributed by atoms with Gasteiger partial charge in [-0.05, 0) is 60.9 Å². The molecule has 2 aromatic carbocycles. The highest BCUT2D eigenvalue weighted by Crippen LogP contribution is 2.25. The lowest BCUT2D eigenvalue weighted by Gasteiger charge is -2.10. The number of hydrazine groups is 1. The van der Waals surface area contributed by atoms with Gasteiger partial charge in [-0.1, -0.05) is 35.3 Å². The Balaban J connectivity index is 1.77. The summed E-state index contributed by atoms with van der Waals surface area (Å²) in [5, 5.41) is 1.28. The molecular formula is C19H18Cl2N2O3. The highest BCUT2D eigenvalue weighted by Gasteiger charge is 2.07. The lowest BCUT2D eigenvalue weighted by Crippen LogP contribution is -2.43. The minimum absolute atomic E-state index is 0.234. The lowest BCUT2D eigenvalue weighted by molar-refractivity contribution is -0.128. The molecule has 0 aliphatic rings. The smallest absolute Gasteiger partial charge is 0.276 e. The van der Waals surface area contributed by atoms with E-state index >= 15 is 0 Å². The van der Waals surface area contributed by atoms with Crippen LogP contribution in [0.3, 0.4) is 0 Å². The number of nitrogens with one attached hydrogen (secondary N) is 2. The Bertz CT molecular complexity index is 810. The van der Waals surface area contributed by atoms with E-state index in [2.05, 4.69) is 10.9 Å². The summed E-state index contributed by atoms with van der Waals surface area (Å²) in [6, 6.07) is 10.5. The van der Waals surface area contributed by atoms with Crippen molar-refractivity contribution in [3.63, 3.8) is 0 Å². The maximum absolute atomic E-state index is 11.8. The molecule has 26 heavy (non-hydrogen) atoms. The SMILES string of the molecule is Cc1cc(OCC(=O)NNC(=O)C=Cc2ccc(Cl)cc2)cc(C)c1Cl. The first-order chi connectivity index (χ1) is 12.3. The number of hydrogen-bond donors (Lipinski definition) is 2. The maximum Gasteiger partial charge on any atom is 0.276 e. The number of carbonyl (C=O) groups excluding carboxylic acids is 2. The van der Waals surface area contributed by atoms with Crippen molar-refractivity contribution in [1.29, 1.82) is 0 Å². The second-order valence-electron chi connectivity index (χ2n) is 5.58. The zero-order valence-corrected chi connectivity index (χ0v) is 15.8. The Morgan fingerprint density at radius 1 is 1.04 bits per heavy atom. The van der Waals surface area contributed by atoms with Crippen LogP contribution in [0.2, 0.25) is 10.0 Å². The minimum Gasteiger partial charge on any atom is -0.484 e. The first-order valence-corrected chi connectivity index (χ1v) is 8.53. The molecule has 2 amide bonds. The number of hydrogen-bond acceptors (Lipinski definition) is 3. The molecule has 0 saturated heterocycles. The Morgan fingerprint density at radius 2 is 1.65 bits per heavy atom. The van der Waals surface area contributed by atoms with Gasteiger partial charge >= 0.3 is 0 Å². The fraction of sp³-hybridized carbons (Fsp3) is 0.158. The van der Waals surface area contributed by atoms with Crippen molar-refractivity contribution in [2.75, 3.05) is 6.61 Å². The molecule has 0 unspecified atom stereocenters. The first-order valence-electron chi connectivity index (χ1n) is 7.77. The molecule has 0 atom stereocenters. The van der Waals surface area contributed by atoms with Crippen molar-refractivity contribution in [2.24, 2.45) is 0 Å². The molecule has 0 aliphatic heterocycles. The summed E-state index contributed by atoms with van der Waals surface area (Å²) in [5.41, 5.74) is 7.10. The summed E-state index contributed by atoms with van der Waals surface area (Å²) in [6.45, 7) is 3.48. The van der Waals surface area contributed by atoms with Gasteiger partial charge in [0, 0.05) is 16.1 Å². The Hall–Kier alpha value is -2.50. The normalized spacial score (nSPS) is 10.6. The number of carbonyl (C=O) groups is 2. The largest absolute Gasteiger partial charge is 0.484 e. The van der Waals surface area contributed by atoms with Gasteiger partial charge in [0.2, 0.25) is 0 Å². The van der Waals surface area contributed by atoms with Gasteiger partial charge in [0.25, 0.3) is 11.8 Å². The third-order valence-electron chi connectivity index (χ3n) is 3.40. The van der Waals surface area contributed by atoms with E-state index < -0.39 is 11.8 Å². The van der Waals surface area contributed by atoms with Crippen molar-refractivity contribution < 1.29 is 14.3 Å². The second-order valence-corrected chi connectivity index (χ2v) is 6.40. The molecule has 5 nitrogen and oxygen atoms in total. The van der Waals surface area contributed by atoms with Gasteiger partial charge in [0.1, 0.15) is 5.75 Å². The lowest BCUT2D eigenvalue weighted by atomic mass is 10.1. The number of ether oxygens (including phenoxy) is 1.